The molecule has 0 aliphatic heterocycles. The van der Waals surface area contributed by atoms with E-state index in [0.29, 0.717) is 6.07 Å². The number of aromatic nitrogens is 2. The maximum absolute atomic E-state index is 14.2. The summed E-state index contributed by atoms with van der Waals surface area (Å²) in [5, 5.41) is 11.5. The predicted molar refractivity (Wildman–Crippen MR) is 79.8 cm³/mol. The van der Waals surface area contributed by atoms with Gasteiger partial charge < -0.3 is 0 Å². The van der Waals surface area contributed by atoms with Gasteiger partial charge in [-0.1, -0.05) is 35.0 Å². The number of nitrogens with zero attached hydrogens (tertiary/aromatic N) is 3. The first-order valence-corrected chi connectivity index (χ1v) is 7.99. The predicted octanol–water partition coefficient (Wildman–Crippen LogP) is 6.08. The third-order valence-corrected chi connectivity index (χ3v) is 4.32. The van der Waals surface area contributed by atoms with Crippen LogP contribution in [0.25, 0.3) is 5.69 Å². The van der Waals surface area contributed by atoms with E-state index in [1.54, 1.807) is 0 Å². The first kappa shape index (κ1) is 20.7. The highest BCUT2D eigenvalue weighted by molar-refractivity contribution is 8.01. The first-order valence-electron chi connectivity index (χ1n) is 6.30. The van der Waals surface area contributed by atoms with E-state index in [9.17, 15) is 30.7 Å². The van der Waals surface area contributed by atoms with Gasteiger partial charge in [-0.3, -0.25) is 0 Å². The second-order valence-electron chi connectivity index (χ2n) is 4.55. The van der Waals surface area contributed by atoms with Crippen LogP contribution < -0.4 is 0 Å². The third-order valence-electron chi connectivity index (χ3n) is 2.95. The largest absolute Gasteiger partial charge is 0.416 e. The highest BCUT2D eigenvalue weighted by Crippen LogP contribution is 2.41. The van der Waals surface area contributed by atoms with Gasteiger partial charge >= 0.3 is 6.18 Å². The van der Waals surface area contributed by atoms with Gasteiger partial charge in [0, 0.05) is 0 Å². The molecule has 0 N–H and O–H groups in total. The summed E-state index contributed by atoms with van der Waals surface area (Å²) in [5.74, 6) is -1.61. The fraction of sp³-hybridized carbons (Fsp3) is 0.231. The van der Waals surface area contributed by atoms with E-state index in [2.05, 4.69) is 5.10 Å². The van der Waals surface area contributed by atoms with Gasteiger partial charge in [-0.25, -0.2) is 22.2 Å². The summed E-state index contributed by atoms with van der Waals surface area (Å²) in [5.41, 5.74) is -4.24. The summed E-state index contributed by atoms with van der Waals surface area (Å²) in [7, 11) is 0. The van der Waals surface area contributed by atoms with Crippen LogP contribution in [0.1, 0.15) is 23.4 Å². The minimum atomic E-state index is -4.93. The van der Waals surface area contributed by atoms with Gasteiger partial charge in [0.1, 0.15) is 17.5 Å². The molecule has 1 heterocycles. The van der Waals surface area contributed by atoms with E-state index in [-0.39, 0.29) is 22.5 Å². The molecule has 0 amide bonds. The molecule has 2 rings (SSSR count). The van der Waals surface area contributed by atoms with Crippen molar-refractivity contribution in [2.24, 2.45) is 0 Å². The van der Waals surface area contributed by atoms with E-state index >= 15 is 0 Å². The molecule has 0 saturated carbocycles. The molecule has 0 fully saturated rings. The summed E-state index contributed by atoms with van der Waals surface area (Å²) >= 11 is 10.7. The number of rotatable bonds is 4. The lowest BCUT2D eigenvalue weighted by atomic mass is 10.2. The molecular weight excluding hydrogens is 434 g/mol. The van der Waals surface area contributed by atoms with Gasteiger partial charge in [0.2, 0.25) is 4.96 Å². The smallest absolute Gasteiger partial charge is 0.225 e. The lowest BCUT2D eigenvalue weighted by Crippen LogP contribution is -2.10. The zero-order valence-corrected chi connectivity index (χ0v) is 14.3. The minimum Gasteiger partial charge on any atom is -0.225 e. The average molecular weight is 438 g/mol. The molecule has 1 unspecified atom stereocenters. The van der Waals surface area contributed by atoms with E-state index in [1.807, 2.05) is 0 Å². The van der Waals surface area contributed by atoms with Crippen molar-refractivity contribution in [1.29, 1.82) is 5.26 Å². The molecule has 0 bridgehead atoms. The van der Waals surface area contributed by atoms with Crippen molar-refractivity contribution in [2.45, 2.75) is 22.5 Å². The zero-order chi connectivity index (χ0) is 19.8. The molecule has 1 aromatic carbocycles. The Labute approximate surface area is 155 Å². The van der Waals surface area contributed by atoms with E-state index < -0.39 is 55.9 Å². The molecule has 0 saturated heterocycles. The normalized spacial score (nSPS) is 13.1. The molecular formula is C13H4Cl2F7N3S. The Hall–Kier alpha value is -1.64. The van der Waals surface area contributed by atoms with Gasteiger partial charge in [-0.05, 0) is 12.1 Å². The van der Waals surface area contributed by atoms with Gasteiger partial charge in [-0.15, -0.1) is 0 Å². The number of hydrogen-bond acceptors (Lipinski definition) is 3. The molecule has 1 atom stereocenters. The van der Waals surface area contributed by atoms with Gasteiger partial charge in [-0.2, -0.15) is 23.5 Å². The van der Waals surface area contributed by atoms with Crippen molar-refractivity contribution >= 4 is 35.0 Å². The van der Waals surface area contributed by atoms with Gasteiger partial charge in [0.05, 0.1) is 15.5 Å². The Bertz CT molecular complexity index is 851. The summed E-state index contributed by atoms with van der Waals surface area (Å²) in [4.78, 5) is -2.91. The molecule has 140 valence electrons. The Kier molecular flexibility index (Phi) is 5.99. The van der Waals surface area contributed by atoms with Crippen LogP contribution in [-0.4, -0.2) is 14.7 Å². The number of benzene rings is 1. The third kappa shape index (κ3) is 4.02. The lowest BCUT2D eigenvalue weighted by Gasteiger charge is -2.14. The highest BCUT2D eigenvalue weighted by atomic mass is 35.5. The summed E-state index contributed by atoms with van der Waals surface area (Å²) in [6.07, 6.45) is -8.32. The maximum atomic E-state index is 14.2. The summed E-state index contributed by atoms with van der Waals surface area (Å²) < 4.78 is 92.3. The molecule has 1 aromatic heterocycles. The number of hydrogen-bond donors (Lipinski definition) is 0. The number of thioether (sulfide) groups is 1. The molecule has 2 aromatic rings. The van der Waals surface area contributed by atoms with Crippen LogP contribution in [0, 0.1) is 17.1 Å². The van der Waals surface area contributed by atoms with E-state index in [4.69, 9.17) is 28.5 Å². The van der Waals surface area contributed by atoms with Crippen molar-refractivity contribution in [3.05, 3.63) is 39.9 Å². The molecule has 0 aliphatic rings. The monoisotopic (exact) mass is 437 g/mol. The first-order chi connectivity index (χ1) is 12.0. The van der Waals surface area contributed by atoms with Crippen molar-refractivity contribution in [2.75, 3.05) is 0 Å². The van der Waals surface area contributed by atoms with Crippen LogP contribution >= 0.6 is 35.0 Å². The molecule has 0 aliphatic carbocycles. The van der Waals surface area contributed by atoms with Crippen LogP contribution in [0.5, 0.6) is 0 Å². The molecule has 26 heavy (non-hydrogen) atoms. The standard InChI is InChI=1S/C13H4Cl2F7N3S/c14-5-1-4(13(20,21)22)2-6(16)8(5)25-9(11(17)18)10(26-12(15)19)7(3-23)24-25/h1-2,11-12H. The molecule has 0 spiro atoms. The van der Waals surface area contributed by atoms with Crippen LogP contribution in [0.15, 0.2) is 17.0 Å². The van der Waals surface area contributed by atoms with Crippen LogP contribution in [0.2, 0.25) is 5.02 Å². The van der Waals surface area contributed by atoms with Gasteiger partial charge in [0.15, 0.2) is 11.5 Å². The second kappa shape index (κ2) is 7.54. The van der Waals surface area contributed by atoms with E-state index in [1.165, 1.54) is 6.07 Å². The van der Waals surface area contributed by atoms with Crippen LogP contribution in [0.3, 0.4) is 0 Å². The minimum absolute atomic E-state index is 0.00661. The van der Waals surface area contributed by atoms with Crippen LogP contribution in [-0.2, 0) is 6.18 Å². The zero-order valence-electron chi connectivity index (χ0n) is 12.0. The van der Waals surface area contributed by atoms with E-state index in [0.717, 1.165) is 0 Å². The fourth-order valence-corrected chi connectivity index (χ4v) is 3.22. The Morgan fingerprint density at radius 3 is 2.27 bits per heavy atom. The molecule has 0 radical (unpaired) electrons. The Morgan fingerprint density at radius 1 is 1.23 bits per heavy atom. The maximum Gasteiger partial charge on any atom is 0.416 e. The Balaban J connectivity index is 2.77. The SMILES string of the molecule is N#Cc1nn(-c2c(F)cc(C(F)(F)F)cc2Cl)c(C(F)F)c1SC(F)Cl. The van der Waals surface area contributed by atoms with Gasteiger partial charge in [0.25, 0.3) is 6.43 Å². The van der Waals surface area contributed by atoms with Crippen molar-refractivity contribution < 1.29 is 30.7 Å². The summed E-state index contributed by atoms with van der Waals surface area (Å²) in [6, 6.07) is 1.76. The molecule has 13 heteroatoms. The van der Waals surface area contributed by atoms with Crippen molar-refractivity contribution in [3.63, 3.8) is 0 Å². The number of nitriles is 1. The summed E-state index contributed by atoms with van der Waals surface area (Å²) in [6.45, 7) is 0. The topological polar surface area (TPSA) is 41.6 Å². The Morgan fingerprint density at radius 2 is 1.85 bits per heavy atom. The fourth-order valence-electron chi connectivity index (χ4n) is 1.99. The number of alkyl halides is 7. The van der Waals surface area contributed by atoms with Crippen molar-refractivity contribution in [3.8, 4) is 11.8 Å². The quantitative estimate of drug-likeness (QED) is 0.330. The molecule has 3 nitrogen and oxygen atoms in total. The van der Waals surface area contributed by atoms with Crippen LogP contribution in [0.4, 0.5) is 30.7 Å². The average Bonchev–Trinajstić information content (AvgIpc) is 2.83. The lowest BCUT2D eigenvalue weighted by molar-refractivity contribution is -0.137. The van der Waals surface area contributed by atoms with Crippen molar-refractivity contribution in [1.82, 2.24) is 9.78 Å². The second-order valence-corrected chi connectivity index (χ2v) is 6.66. The number of halogens is 9. The highest BCUT2D eigenvalue weighted by Gasteiger charge is 2.34.